The number of carbonyl (C=O) groups excluding carboxylic acids is 1. The van der Waals surface area contributed by atoms with Gasteiger partial charge in [0.25, 0.3) is 11.5 Å². The molecule has 2 N–H and O–H groups in total. The highest BCUT2D eigenvalue weighted by Crippen LogP contribution is 2.37. The molecule has 1 aliphatic carbocycles. The van der Waals surface area contributed by atoms with Crippen LogP contribution in [0.25, 0.3) is 0 Å². The first-order valence-electron chi connectivity index (χ1n) is 7.81. The Labute approximate surface area is 134 Å². The predicted molar refractivity (Wildman–Crippen MR) is 84.2 cm³/mol. The molecule has 7 nitrogen and oxygen atoms in total. The molecule has 3 rings (SSSR count). The maximum absolute atomic E-state index is 12.2. The lowest BCUT2D eigenvalue weighted by molar-refractivity contribution is 0.0949. The van der Waals surface area contributed by atoms with Gasteiger partial charge in [-0.15, -0.1) is 12.3 Å². The number of terminal acetylenes is 1. The largest absolute Gasteiger partial charge is 0.352 e. The van der Waals surface area contributed by atoms with Crippen molar-refractivity contribution in [3.63, 3.8) is 0 Å². The molecule has 120 valence electrons. The third-order valence-electron chi connectivity index (χ3n) is 4.17. The zero-order chi connectivity index (χ0) is 16.4. The van der Waals surface area contributed by atoms with Gasteiger partial charge < -0.3 is 10.3 Å². The molecule has 7 heteroatoms. The lowest BCUT2D eigenvalue weighted by atomic mass is 10.0. The van der Waals surface area contributed by atoms with Crippen molar-refractivity contribution in [1.82, 2.24) is 15.3 Å². The molecule has 1 aromatic rings. The van der Waals surface area contributed by atoms with E-state index < -0.39 is 11.6 Å². The molecule has 1 saturated carbocycles. The summed E-state index contributed by atoms with van der Waals surface area (Å²) < 4.78 is 0. The van der Waals surface area contributed by atoms with Gasteiger partial charge in [0.05, 0.1) is 5.69 Å². The Kier molecular flexibility index (Phi) is 3.99. The smallest absolute Gasteiger partial charge is 0.264 e. The topological polar surface area (TPSA) is 99.6 Å². The minimum Gasteiger partial charge on any atom is -0.352 e. The van der Waals surface area contributed by atoms with Gasteiger partial charge in [0, 0.05) is 31.7 Å². The second-order valence-corrected chi connectivity index (χ2v) is 6.08. The minimum absolute atomic E-state index is 0.0803. The van der Waals surface area contributed by atoms with Crippen LogP contribution in [0.4, 0.5) is 0 Å². The Bertz CT molecular complexity index is 749. The summed E-state index contributed by atoms with van der Waals surface area (Å²) in [7, 11) is 0. The van der Waals surface area contributed by atoms with Crippen LogP contribution in [-0.2, 0) is 0 Å². The standard InChI is InChI=1S/C16H19N5O2/c1-3-4-7-16(20-21-16)8-9-17-14(22)12-10(2)18-13(11-5-6-11)19-15(12)23/h1,11H,4-9H2,2H3,(H,17,22)(H,18,19,23). The van der Waals surface area contributed by atoms with E-state index in [0.717, 1.165) is 12.8 Å². The highest BCUT2D eigenvalue weighted by atomic mass is 16.2. The summed E-state index contributed by atoms with van der Waals surface area (Å²) in [6.07, 6.45) is 9.21. The van der Waals surface area contributed by atoms with Crippen LogP contribution in [0.3, 0.4) is 0 Å². The average Bonchev–Trinajstić information content (AvgIpc) is 3.39. The lowest BCUT2D eigenvalue weighted by Crippen LogP contribution is -2.34. The lowest BCUT2D eigenvalue weighted by Gasteiger charge is -2.11. The van der Waals surface area contributed by atoms with Crippen LogP contribution in [0, 0.1) is 19.3 Å². The number of nitrogens with one attached hydrogen (secondary N) is 2. The third-order valence-corrected chi connectivity index (χ3v) is 4.17. The van der Waals surface area contributed by atoms with Crippen molar-refractivity contribution in [2.75, 3.05) is 6.54 Å². The summed E-state index contributed by atoms with van der Waals surface area (Å²) in [6, 6.07) is 0. The minimum atomic E-state index is -0.435. The molecule has 1 aliphatic heterocycles. The van der Waals surface area contributed by atoms with Gasteiger partial charge in [0.1, 0.15) is 11.4 Å². The summed E-state index contributed by atoms with van der Waals surface area (Å²) in [5.41, 5.74) is -0.262. The summed E-state index contributed by atoms with van der Waals surface area (Å²) in [4.78, 5) is 31.4. The molecule has 0 bridgehead atoms. The first kappa shape index (κ1) is 15.4. The molecule has 2 aliphatic rings. The van der Waals surface area contributed by atoms with Crippen LogP contribution in [0.5, 0.6) is 0 Å². The number of aryl methyl sites for hydroxylation is 1. The van der Waals surface area contributed by atoms with Gasteiger partial charge in [-0.25, -0.2) is 4.98 Å². The summed E-state index contributed by atoms with van der Waals surface area (Å²) in [6.45, 7) is 2.08. The van der Waals surface area contributed by atoms with Gasteiger partial charge >= 0.3 is 0 Å². The quantitative estimate of drug-likeness (QED) is 0.749. The normalized spacial score (nSPS) is 17.6. The number of hydrogen-bond acceptors (Lipinski definition) is 5. The first-order valence-corrected chi connectivity index (χ1v) is 7.81. The summed E-state index contributed by atoms with van der Waals surface area (Å²) >= 11 is 0. The molecule has 0 saturated heterocycles. The fraction of sp³-hybridized carbons (Fsp3) is 0.562. The van der Waals surface area contributed by atoms with E-state index in [1.807, 2.05) is 0 Å². The zero-order valence-corrected chi connectivity index (χ0v) is 13.1. The summed E-state index contributed by atoms with van der Waals surface area (Å²) in [5, 5.41) is 10.8. The van der Waals surface area contributed by atoms with Crippen molar-refractivity contribution in [3.8, 4) is 12.3 Å². The van der Waals surface area contributed by atoms with Gasteiger partial charge in [0.2, 0.25) is 0 Å². The van der Waals surface area contributed by atoms with Crippen LogP contribution in [-0.4, -0.2) is 28.1 Å². The maximum Gasteiger partial charge on any atom is 0.264 e. The van der Waals surface area contributed by atoms with Crippen molar-refractivity contribution in [2.45, 2.75) is 50.6 Å². The van der Waals surface area contributed by atoms with E-state index in [-0.39, 0.29) is 11.1 Å². The number of hydrogen-bond donors (Lipinski definition) is 2. The molecule has 0 atom stereocenters. The van der Waals surface area contributed by atoms with Crippen LogP contribution in [0.15, 0.2) is 15.0 Å². The van der Waals surface area contributed by atoms with Crippen LogP contribution in [0.1, 0.15) is 59.9 Å². The molecule has 0 spiro atoms. The predicted octanol–water partition coefficient (Wildman–Crippen LogP) is 1.65. The molecule has 23 heavy (non-hydrogen) atoms. The van der Waals surface area contributed by atoms with Gasteiger partial charge in [-0.1, -0.05) is 0 Å². The van der Waals surface area contributed by atoms with Gasteiger partial charge in [0.15, 0.2) is 5.66 Å². The Hall–Kier alpha value is -2.49. The second kappa shape index (κ2) is 5.95. The molecule has 0 unspecified atom stereocenters. The van der Waals surface area contributed by atoms with E-state index in [1.54, 1.807) is 6.92 Å². The number of rotatable bonds is 7. The van der Waals surface area contributed by atoms with Crippen molar-refractivity contribution in [1.29, 1.82) is 0 Å². The second-order valence-electron chi connectivity index (χ2n) is 6.08. The molecule has 1 amide bonds. The van der Waals surface area contributed by atoms with Gasteiger partial charge in [-0.2, -0.15) is 10.2 Å². The van der Waals surface area contributed by atoms with Crippen LogP contribution >= 0.6 is 0 Å². The van der Waals surface area contributed by atoms with Crippen molar-refractivity contribution in [3.05, 3.63) is 27.4 Å². The molecular weight excluding hydrogens is 294 g/mol. The van der Waals surface area contributed by atoms with E-state index in [0.29, 0.717) is 43.2 Å². The number of carbonyl (C=O) groups is 1. The monoisotopic (exact) mass is 313 g/mol. The van der Waals surface area contributed by atoms with E-state index >= 15 is 0 Å². The van der Waals surface area contributed by atoms with Gasteiger partial charge in [-0.05, 0) is 19.8 Å². The summed E-state index contributed by atoms with van der Waals surface area (Å²) in [5.74, 6) is 3.18. The molecule has 1 fully saturated rings. The van der Waals surface area contributed by atoms with Crippen molar-refractivity contribution >= 4 is 5.91 Å². The van der Waals surface area contributed by atoms with E-state index in [2.05, 4.69) is 31.4 Å². The number of aromatic amines is 1. The molecule has 1 aromatic heterocycles. The van der Waals surface area contributed by atoms with E-state index in [1.165, 1.54) is 0 Å². The average molecular weight is 313 g/mol. The number of H-pyrrole nitrogens is 1. The Morgan fingerprint density at radius 2 is 2.17 bits per heavy atom. The van der Waals surface area contributed by atoms with Crippen LogP contribution < -0.4 is 10.9 Å². The Balaban J connectivity index is 1.58. The highest BCUT2D eigenvalue weighted by Gasteiger charge is 2.38. The SMILES string of the molecule is C#CCCC1(CCNC(=O)c2c(C)nc(C3CC3)[nH]c2=O)N=N1. The molecule has 2 heterocycles. The van der Waals surface area contributed by atoms with Crippen molar-refractivity contribution in [2.24, 2.45) is 10.2 Å². The van der Waals surface area contributed by atoms with E-state index in [4.69, 9.17) is 6.42 Å². The van der Waals surface area contributed by atoms with E-state index in [9.17, 15) is 9.59 Å². The highest BCUT2D eigenvalue weighted by molar-refractivity contribution is 5.94. The number of amides is 1. The Morgan fingerprint density at radius 3 is 2.74 bits per heavy atom. The maximum atomic E-state index is 12.2. The van der Waals surface area contributed by atoms with Crippen LogP contribution in [0.2, 0.25) is 0 Å². The first-order chi connectivity index (χ1) is 11.0. The molecule has 0 radical (unpaired) electrons. The Morgan fingerprint density at radius 1 is 1.43 bits per heavy atom. The third kappa shape index (κ3) is 3.47. The van der Waals surface area contributed by atoms with Gasteiger partial charge in [-0.3, -0.25) is 9.59 Å². The van der Waals surface area contributed by atoms with Crippen molar-refractivity contribution < 1.29 is 4.79 Å². The molecule has 0 aromatic carbocycles. The fourth-order valence-corrected chi connectivity index (χ4v) is 2.56. The number of nitrogens with zero attached hydrogens (tertiary/aromatic N) is 3. The fourth-order valence-electron chi connectivity index (χ4n) is 2.56. The zero-order valence-electron chi connectivity index (χ0n) is 13.1. The molecular formula is C16H19N5O2. The number of aromatic nitrogens is 2.